The van der Waals surface area contributed by atoms with Crippen molar-refractivity contribution in [1.29, 1.82) is 0 Å². The molecule has 0 saturated heterocycles. The minimum atomic E-state index is -0.761. The van der Waals surface area contributed by atoms with Crippen molar-refractivity contribution in [3.05, 3.63) is 29.6 Å². The van der Waals surface area contributed by atoms with Crippen LogP contribution in [0.1, 0.15) is 31.2 Å². The van der Waals surface area contributed by atoms with Crippen LogP contribution in [0.2, 0.25) is 0 Å². The standard InChI is InChI=1S/C14H18N2O2/c1-3-4-13-15-11-9-10(6-8-14(17)18)5-7-12(11)16(13)2/h5,7,9H,3-4,6,8H2,1-2H3,(H,17,18). The van der Waals surface area contributed by atoms with Crippen LogP contribution in [0.4, 0.5) is 0 Å². The lowest BCUT2D eigenvalue weighted by Crippen LogP contribution is -1.97. The molecule has 0 aliphatic heterocycles. The van der Waals surface area contributed by atoms with Gasteiger partial charge in [0.2, 0.25) is 0 Å². The summed E-state index contributed by atoms with van der Waals surface area (Å²) >= 11 is 0. The van der Waals surface area contributed by atoms with Gasteiger partial charge in [-0.1, -0.05) is 13.0 Å². The zero-order valence-corrected chi connectivity index (χ0v) is 10.8. The van der Waals surface area contributed by atoms with E-state index in [2.05, 4.69) is 16.5 Å². The molecule has 1 aromatic carbocycles. The largest absolute Gasteiger partial charge is 0.481 e. The van der Waals surface area contributed by atoms with Gasteiger partial charge >= 0.3 is 5.97 Å². The number of hydrogen-bond donors (Lipinski definition) is 1. The number of imidazole rings is 1. The molecule has 0 unspecified atom stereocenters. The molecule has 4 nitrogen and oxygen atoms in total. The Morgan fingerprint density at radius 3 is 2.83 bits per heavy atom. The number of aliphatic carboxylic acids is 1. The Hall–Kier alpha value is -1.84. The average Bonchev–Trinajstić information content (AvgIpc) is 2.64. The molecule has 0 fully saturated rings. The monoisotopic (exact) mass is 246 g/mol. The van der Waals surface area contributed by atoms with Crippen molar-refractivity contribution < 1.29 is 9.90 Å². The van der Waals surface area contributed by atoms with E-state index in [0.29, 0.717) is 6.42 Å². The summed E-state index contributed by atoms with van der Waals surface area (Å²) in [5.41, 5.74) is 3.10. The minimum absolute atomic E-state index is 0.167. The van der Waals surface area contributed by atoms with Crippen LogP contribution in [-0.2, 0) is 24.7 Å². The fraction of sp³-hybridized carbons (Fsp3) is 0.429. The van der Waals surface area contributed by atoms with Crippen LogP contribution in [-0.4, -0.2) is 20.6 Å². The molecule has 96 valence electrons. The number of carboxylic acids is 1. The number of hydrogen-bond acceptors (Lipinski definition) is 2. The summed E-state index contributed by atoms with van der Waals surface area (Å²) < 4.78 is 2.11. The maximum absolute atomic E-state index is 10.6. The van der Waals surface area contributed by atoms with E-state index in [9.17, 15) is 4.79 Å². The van der Waals surface area contributed by atoms with Gasteiger partial charge in [-0.25, -0.2) is 4.98 Å². The number of nitrogens with zero attached hydrogens (tertiary/aromatic N) is 2. The van der Waals surface area contributed by atoms with Crippen LogP contribution in [0.3, 0.4) is 0 Å². The Labute approximate surface area is 106 Å². The number of aryl methyl sites for hydroxylation is 3. The molecule has 18 heavy (non-hydrogen) atoms. The van der Waals surface area contributed by atoms with Crippen LogP contribution in [0, 0.1) is 0 Å². The number of aromatic nitrogens is 2. The summed E-state index contributed by atoms with van der Waals surface area (Å²) in [6, 6.07) is 6.01. The number of fused-ring (bicyclic) bond motifs is 1. The third-order valence-corrected chi connectivity index (χ3v) is 3.14. The van der Waals surface area contributed by atoms with Crippen LogP contribution < -0.4 is 0 Å². The van der Waals surface area contributed by atoms with E-state index in [1.54, 1.807) is 0 Å². The van der Waals surface area contributed by atoms with Crippen LogP contribution in [0.15, 0.2) is 18.2 Å². The van der Waals surface area contributed by atoms with Crippen molar-refractivity contribution in [3.63, 3.8) is 0 Å². The summed E-state index contributed by atoms with van der Waals surface area (Å²) in [6.45, 7) is 2.14. The maximum atomic E-state index is 10.6. The number of carbonyl (C=O) groups is 1. The van der Waals surface area contributed by atoms with Gasteiger partial charge in [0.1, 0.15) is 5.82 Å². The summed E-state index contributed by atoms with van der Waals surface area (Å²) in [5.74, 6) is 0.325. The van der Waals surface area contributed by atoms with Gasteiger partial charge in [-0.3, -0.25) is 4.79 Å². The van der Waals surface area contributed by atoms with Gasteiger partial charge in [-0.05, 0) is 30.5 Å². The molecular formula is C14H18N2O2. The highest BCUT2D eigenvalue weighted by Crippen LogP contribution is 2.18. The summed E-state index contributed by atoms with van der Waals surface area (Å²) in [6.07, 6.45) is 2.77. The van der Waals surface area contributed by atoms with E-state index in [0.717, 1.165) is 35.3 Å². The molecule has 0 amide bonds. The van der Waals surface area contributed by atoms with Crippen molar-refractivity contribution in [2.75, 3.05) is 0 Å². The van der Waals surface area contributed by atoms with Crippen molar-refractivity contribution in [3.8, 4) is 0 Å². The average molecular weight is 246 g/mol. The Bertz CT molecular complexity index is 572. The zero-order valence-electron chi connectivity index (χ0n) is 10.8. The highest BCUT2D eigenvalue weighted by Gasteiger charge is 2.08. The highest BCUT2D eigenvalue weighted by atomic mass is 16.4. The van der Waals surface area contributed by atoms with Crippen molar-refractivity contribution in [2.24, 2.45) is 7.05 Å². The molecule has 0 bridgehead atoms. The zero-order chi connectivity index (χ0) is 13.1. The molecule has 1 N–H and O–H groups in total. The normalized spacial score (nSPS) is 11.0. The lowest BCUT2D eigenvalue weighted by molar-refractivity contribution is -0.136. The van der Waals surface area contributed by atoms with E-state index in [-0.39, 0.29) is 6.42 Å². The molecule has 0 spiro atoms. The SMILES string of the molecule is CCCc1nc2cc(CCC(=O)O)ccc2n1C. The first-order chi connectivity index (χ1) is 8.61. The van der Waals surface area contributed by atoms with Crippen molar-refractivity contribution in [1.82, 2.24) is 9.55 Å². The van der Waals surface area contributed by atoms with Crippen molar-refractivity contribution >= 4 is 17.0 Å². The van der Waals surface area contributed by atoms with Crippen LogP contribution in [0.5, 0.6) is 0 Å². The summed E-state index contributed by atoms with van der Waals surface area (Å²) in [7, 11) is 2.03. The van der Waals surface area contributed by atoms with Crippen molar-refractivity contribution in [2.45, 2.75) is 32.6 Å². The molecule has 0 atom stereocenters. The molecule has 0 aliphatic carbocycles. The molecule has 2 rings (SSSR count). The van der Waals surface area contributed by atoms with Gasteiger partial charge in [0.05, 0.1) is 11.0 Å². The van der Waals surface area contributed by atoms with Crippen LogP contribution >= 0.6 is 0 Å². The first-order valence-corrected chi connectivity index (χ1v) is 6.28. The first-order valence-electron chi connectivity index (χ1n) is 6.28. The predicted octanol–water partition coefficient (Wildman–Crippen LogP) is 2.54. The quantitative estimate of drug-likeness (QED) is 0.882. The molecule has 0 radical (unpaired) electrons. The number of benzene rings is 1. The fourth-order valence-corrected chi connectivity index (χ4v) is 2.15. The van der Waals surface area contributed by atoms with E-state index < -0.39 is 5.97 Å². The lowest BCUT2D eigenvalue weighted by atomic mass is 10.1. The highest BCUT2D eigenvalue weighted by molar-refractivity contribution is 5.77. The van der Waals surface area contributed by atoms with E-state index >= 15 is 0 Å². The smallest absolute Gasteiger partial charge is 0.303 e. The van der Waals surface area contributed by atoms with E-state index in [1.165, 1.54) is 0 Å². The predicted molar refractivity (Wildman–Crippen MR) is 70.7 cm³/mol. The molecule has 0 saturated carbocycles. The Balaban J connectivity index is 2.30. The van der Waals surface area contributed by atoms with Gasteiger partial charge in [-0.2, -0.15) is 0 Å². The maximum Gasteiger partial charge on any atom is 0.303 e. The fourth-order valence-electron chi connectivity index (χ4n) is 2.15. The van der Waals surface area contributed by atoms with Gasteiger partial charge in [0.25, 0.3) is 0 Å². The number of carboxylic acid groups (broad SMARTS) is 1. The van der Waals surface area contributed by atoms with Gasteiger partial charge in [-0.15, -0.1) is 0 Å². The minimum Gasteiger partial charge on any atom is -0.481 e. The van der Waals surface area contributed by atoms with E-state index in [4.69, 9.17) is 5.11 Å². The lowest BCUT2D eigenvalue weighted by Gasteiger charge is -2.01. The van der Waals surface area contributed by atoms with Gasteiger partial charge in [0.15, 0.2) is 0 Å². The Morgan fingerprint density at radius 1 is 1.39 bits per heavy atom. The summed E-state index contributed by atoms with van der Waals surface area (Å²) in [5, 5.41) is 8.69. The summed E-state index contributed by atoms with van der Waals surface area (Å²) in [4.78, 5) is 15.2. The third-order valence-electron chi connectivity index (χ3n) is 3.14. The molecule has 1 heterocycles. The molecular weight excluding hydrogens is 228 g/mol. The van der Waals surface area contributed by atoms with Gasteiger partial charge in [0, 0.05) is 19.9 Å². The Kier molecular flexibility index (Phi) is 3.65. The molecule has 4 heteroatoms. The second kappa shape index (κ2) is 5.21. The second-order valence-corrected chi connectivity index (χ2v) is 4.55. The Morgan fingerprint density at radius 2 is 2.17 bits per heavy atom. The molecule has 2 aromatic rings. The van der Waals surface area contributed by atoms with Gasteiger partial charge < -0.3 is 9.67 Å². The third kappa shape index (κ3) is 2.53. The molecule has 1 aromatic heterocycles. The van der Waals surface area contributed by atoms with Crippen LogP contribution in [0.25, 0.3) is 11.0 Å². The second-order valence-electron chi connectivity index (χ2n) is 4.55. The topological polar surface area (TPSA) is 55.1 Å². The number of rotatable bonds is 5. The van der Waals surface area contributed by atoms with E-state index in [1.807, 2.05) is 25.2 Å². The molecule has 0 aliphatic rings. The first kappa shape index (κ1) is 12.6.